The van der Waals surface area contributed by atoms with E-state index in [2.05, 4.69) is 15.6 Å². The molecule has 0 bridgehead atoms. The van der Waals surface area contributed by atoms with Crippen LogP contribution in [0.3, 0.4) is 0 Å². The molecule has 2 heterocycles. The highest BCUT2D eigenvalue weighted by Crippen LogP contribution is 2.26. The van der Waals surface area contributed by atoms with E-state index in [-0.39, 0.29) is 12.3 Å². The topological polar surface area (TPSA) is 97.1 Å². The number of thioether (sulfide) groups is 1. The summed E-state index contributed by atoms with van der Waals surface area (Å²) in [7, 11) is 0. The summed E-state index contributed by atoms with van der Waals surface area (Å²) in [5.74, 6) is -1.35. The van der Waals surface area contributed by atoms with Crippen molar-refractivity contribution in [2.45, 2.75) is 16.8 Å². The van der Waals surface area contributed by atoms with Gasteiger partial charge >= 0.3 is 5.97 Å². The molecule has 0 fully saturated rings. The van der Waals surface area contributed by atoms with E-state index in [1.807, 2.05) is 0 Å². The van der Waals surface area contributed by atoms with Gasteiger partial charge in [-0.15, -0.1) is 10.2 Å². The Balaban J connectivity index is 2.17. The van der Waals surface area contributed by atoms with E-state index in [0.29, 0.717) is 5.16 Å². The Hall–Kier alpha value is -1.57. The van der Waals surface area contributed by atoms with Gasteiger partial charge in [0.25, 0.3) is 5.91 Å². The highest BCUT2D eigenvalue weighted by atomic mass is 32.2. The number of aromatic nitrogens is 3. The van der Waals surface area contributed by atoms with Crippen LogP contribution in [0.1, 0.15) is 6.42 Å². The lowest BCUT2D eigenvalue weighted by atomic mass is 10.3. The summed E-state index contributed by atoms with van der Waals surface area (Å²) in [6.45, 7) is 0. The molecule has 1 atom stereocenters. The van der Waals surface area contributed by atoms with Crippen LogP contribution in [0.4, 0.5) is 0 Å². The van der Waals surface area contributed by atoms with Gasteiger partial charge in [-0.3, -0.25) is 15.0 Å². The molecule has 0 saturated carbocycles. The van der Waals surface area contributed by atoms with Crippen LogP contribution in [0.25, 0.3) is 0 Å². The fourth-order valence-corrected chi connectivity index (χ4v) is 1.99. The Morgan fingerprint density at radius 2 is 2.57 bits per heavy atom. The van der Waals surface area contributed by atoms with Crippen molar-refractivity contribution in [2.24, 2.45) is 0 Å². The molecule has 1 aromatic rings. The van der Waals surface area contributed by atoms with E-state index in [1.54, 1.807) is 0 Å². The normalized spacial score (nSPS) is 20.0. The molecule has 0 aliphatic carbocycles. The minimum atomic E-state index is -1.01. The second-order valence-corrected chi connectivity index (χ2v) is 3.83. The van der Waals surface area contributed by atoms with Gasteiger partial charge in [0.1, 0.15) is 11.6 Å². The van der Waals surface area contributed by atoms with Gasteiger partial charge in [0.2, 0.25) is 5.16 Å². The third-order valence-electron chi connectivity index (χ3n) is 1.65. The summed E-state index contributed by atoms with van der Waals surface area (Å²) in [4.78, 5) is 21.7. The molecule has 14 heavy (non-hydrogen) atoms. The second kappa shape index (κ2) is 3.29. The van der Waals surface area contributed by atoms with Crippen LogP contribution in [-0.4, -0.2) is 37.1 Å². The minimum Gasteiger partial charge on any atom is -0.481 e. The van der Waals surface area contributed by atoms with E-state index in [1.165, 1.54) is 11.0 Å². The maximum atomic E-state index is 11.3. The molecule has 1 aliphatic rings. The second-order valence-electron chi connectivity index (χ2n) is 2.66. The zero-order chi connectivity index (χ0) is 10.1. The van der Waals surface area contributed by atoms with Crippen LogP contribution in [0.15, 0.2) is 11.5 Å². The van der Waals surface area contributed by atoms with Crippen molar-refractivity contribution in [3.8, 4) is 0 Å². The third-order valence-corrected chi connectivity index (χ3v) is 2.80. The first-order chi connectivity index (χ1) is 6.66. The Morgan fingerprint density at radius 3 is 3.29 bits per heavy atom. The highest BCUT2D eigenvalue weighted by molar-refractivity contribution is 8.00. The first kappa shape index (κ1) is 9.00. The van der Waals surface area contributed by atoms with E-state index in [0.717, 1.165) is 11.8 Å². The molecule has 2 N–H and O–H groups in total. The van der Waals surface area contributed by atoms with Crippen LogP contribution in [0, 0.1) is 0 Å². The van der Waals surface area contributed by atoms with E-state index >= 15 is 0 Å². The highest BCUT2D eigenvalue weighted by Gasteiger charge is 2.29. The Bertz CT molecular complexity index is 390. The molecule has 0 radical (unpaired) electrons. The van der Waals surface area contributed by atoms with Crippen LogP contribution >= 0.6 is 11.8 Å². The van der Waals surface area contributed by atoms with Gasteiger partial charge in [-0.05, 0) is 0 Å². The van der Waals surface area contributed by atoms with Crippen molar-refractivity contribution >= 4 is 23.6 Å². The summed E-state index contributed by atoms with van der Waals surface area (Å²) in [5.41, 5.74) is 2.46. The fourth-order valence-electron chi connectivity index (χ4n) is 1.05. The van der Waals surface area contributed by atoms with Crippen molar-refractivity contribution in [1.82, 2.24) is 14.9 Å². The maximum absolute atomic E-state index is 11.3. The molecule has 8 heteroatoms. The van der Waals surface area contributed by atoms with Crippen molar-refractivity contribution in [3.63, 3.8) is 0 Å². The number of nitrogens with one attached hydrogen (secondary N) is 1. The number of carbonyl (C=O) groups is 2. The lowest BCUT2D eigenvalue weighted by Crippen LogP contribution is -2.37. The number of hydrogen-bond donors (Lipinski definition) is 2. The molecule has 0 aromatic carbocycles. The summed E-state index contributed by atoms with van der Waals surface area (Å²) < 4.78 is 1.37. The molecule has 1 amide bonds. The van der Waals surface area contributed by atoms with Gasteiger partial charge in [0, 0.05) is 0 Å². The predicted octanol–water partition coefficient (Wildman–Crippen LogP) is -0.703. The molecule has 7 nitrogen and oxygen atoms in total. The Labute approximate surface area is 82.5 Å². The zero-order valence-electron chi connectivity index (χ0n) is 6.88. The number of carboxylic acid groups (broad SMARTS) is 1. The fraction of sp³-hybridized carbons (Fsp3) is 0.333. The van der Waals surface area contributed by atoms with Crippen LogP contribution in [-0.2, 0) is 9.59 Å². The smallest absolute Gasteiger partial charge is 0.305 e. The molecule has 74 valence electrons. The monoisotopic (exact) mass is 214 g/mol. The molecule has 0 saturated heterocycles. The van der Waals surface area contributed by atoms with Crippen molar-refractivity contribution < 1.29 is 14.7 Å². The third kappa shape index (κ3) is 1.55. The van der Waals surface area contributed by atoms with Crippen LogP contribution < -0.4 is 5.43 Å². The average Bonchev–Trinajstić information content (AvgIpc) is 2.51. The van der Waals surface area contributed by atoms with Gasteiger partial charge in [-0.25, -0.2) is 4.68 Å². The summed E-state index contributed by atoms with van der Waals surface area (Å²) in [6.07, 6.45) is 1.14. The molecular weight excluding hydrogens is 208 g/mol. The summed E-state index contributed by atoms with van der Waals surface area (Å²) in [6, 6.07) is 0. The lowest BCUT2D eigenvalue weighted by Gasteiger charge is -2.19. The summed E-state index contributed by atoms with van der Waals surface area (Å²) in [5, 5.41) is 15.7. The van der Waals surface area contributed by atoms with Gasteiger partial charge < -0.3 is 5.11 Å². The number of rotatable bonds is 2. The van der Waals surface area contributed by atoms with Gasteiger partial charge in [0.15, 0.2) is 0 Å². The molecule has 2 rings (SSSR count). The number of carbonyl (C=O) groups excluding carboxylic acids is 1. The van der Waals surface area contributed by atoms with Gasteiger partial charge in [0.05, 0.1) is 6.42 Å². The standard InChI is InChI=1S/C6H6N4O3S/c11-4(12)1-3-5(13)9-10-2-7-8-6(10)14-3/h2-3H,1H2,(H,9,13)(H,11,12). The van der Waals surface area contributed by atoms with Crippen molar-refractivity contribution in [2.75, 3.05) is 5.43 Å². The minimum absolute atomic E-state index is 0.219. The number of nitrogens with zero attached hydrogens (tertiary/aromatic N) is 3. The predicted molar refractivity (Wildman–Crippen MR) is 46.3 cm³/mol. The van der Waals surface area contributed by atoms with Crippen molar-refractivity contribution in [1.29, 1.82) is 0 Å². The number of hydrogen-bond acceptors (Lipinski definition) is 5. The zero-order valence-corrected chi connectivity index (χ0v) is 7.69. The van der Waals surface area contributed by atoms with E-state index in [4.69, 9.17) is 5.11 Å². The number of carboxylic acids is 1. The molecular formula is C6H6N4O3S. The van der Waals surface area contributed by atoms with E-state index < -0.39 is 11.2 Å². The number of fused-ring (bicyclic) bond motifs is 1. The maximum Gasteiger partial charge on any atom is 0.305 e. The van der Waals surface area contributed by atoms with Gasteiger partial charge in [-0.1, -0.05) is 11.8 Å². The SMILES string of the molecule is O=C(O)CC1Sc2nncn2NC1=O. The molecule has 1 aliphatic heterocycles. The molecule has 0 spiro atoms. The average molecular weight is 214 g/mol. The first-order valence-corrected chi connectivity index (χ1v) is 4.64. The molecule has 1 aromatic heterocycles. The van der Waals surface area contributed by atoms with E-state index in [9.17, 15) is 9.59 Å². The largest absolute Gasteiger partial charge is 0.481 e. The quantitative estimate of drug-likeness (QED) is 0.675. The van der Waals surface area contributed by atoms with Crippen LogP contribution in [0.2, 0.25) is 0 Å². The Morgan fingerprint density at radius 1 is 1.79 bits per heavy atom. The summed E-state index contributed by atoms with van der Waals surface area (Å²) >= 11 is 1.10. The number of aliphatic carboxylic acids is 1. The lowest BCUT2D eigenvalue weighted by molar-refractivity contribution is -0.138. The van der Waals surface area contributed by atoms with Crippen molar-refractivity contribution in [3.05, 3.63) is 6.33 Å². The first-order valence-electron chi connectivity index (χ1n) is 3.76. The molecule has 1 unspecified atom stereocenters. The van der Waals surface area contributed by atoms with Gasteiger partial charge in [-0.2, -0.15) is 0 Å². The van der Waals surface area contributed by atoms with Crippen LogP contribution in [0.5, 0.6) is 0 Å². The number of amides is 1. The Kier molecular flexibility index (Phi) is 2.12.